The number of nitrogens with one attached hydrogen (secondary N) is 1. The molecule has 12 heteroatoms. The summed E-state index contributed by atoms with van der Waals surface area (Å²) in [6.45, 7) is 2.00. The Labute approximate surface area is 210 Å². The van der Waals surface area contributed by atoms with Gasteiger partial charge in [-0.3, -0.25) is 4.39 Å². The van der Waals surface area contributed by atoms with Gasteiger partial charge in [0.25, 0.3) is 0 Å². The van der Waals surface area contributed by atoms with Crippen molar-refractivity contribution in [1.29, 1.82) is 0 Å². The van der Waals surface area contributed by atoms with Gasteiger partial charge in [0.1, 0.15) is 5.52 Å². The Kier molecular flexibility index (Phi) is 7.33. The van der Waals surface area contributed by atoms with E-state index in [1.807, 2.05) is 0 Å². The van der Waals surface area contributed by atoms with Crippen molar-refractivity contribution in [2.75, 3.05) is 54.1 Å². The number of nitrogen functional groups attached to an aromatic ring is 1. The van der Waals surface area contributed by atoms with Crippen LogP contribution in [0.2, 0.25) is 0 Å². The first kappa shape index (κ1) is 24.1. The van der Waals surface area contributed by atoms with Crippen LogP contribution in [0.25, 0.3) is 33.7 Å². The molecule has 3 N–H and O–H groups in total. The van der Waals surface area contributed by atoms with E-state index in [2.05, 4.69) is 24.6 Å². The number of aromatic nitrogens is 5. The number of alkyl halides is 1. The Morgan fingerprint density at radius 1 is 1.06 bits per heavy atom. The third-order valence-corrected chi connectivity index (χ3v) is 6.46. The SMILES string of the molecule is Nc1ncc(-c2nc(N3CCOCC3)c3nc(-c4cccc(NSCCCF)c4F)ccc3n2)cn1. The number of nitrogens with zero attached hydrogens (tertiary/aromatic N) is 6. The van der Waals surface area contributed by atoms with E-state index in [-0.39, 0.29) is 5.95 Å². The fourth-order valence-electron chi connectivity index (χ4n) is 3.79. The number of halogens is 2. The summed E-state index contributed by atoms with van der Waals surface area (Å²) < 4.78 is 36.2. The number of hydrogen-bond acceptors (Lipinski definition) is 10. The zero-order valence-corrected chi connectivity index (χ0v) is 20.1. The average molecular weight is 511 g/mol. The number of pyridine rings is 1. The largest absolute Gasteiger partial charge is 0.378 e. The van der Waals surface area contributed by atoms with E-state index >= 15 is 4.39 Å². The lowest BCUT2D eigenvalue weighted by Crippen LogP contribution is -2.37. The predicted molar refractivity (Wildman–Crippen MR) is 138 cm³/mol. The van der Waals surface area contributed by atoms with E-state index in [0.717, 1.165) is 0 Å². The third-order valence-electron chi connectivity index (χ3n) is 5.60. The predicted octanol–water partition coefficient (Wildman–Crippen LogP) is 4.13. The Morgan fingerprint density at radius 3 is 2.64 bits per heavy atom. The number of hydrogen-bond donors (Lipinski definition) is 2. The summed E-state index contributed by atoms with van der Waals surface area (Å²) in [7, 11) is 0. The van der Waals surface area contributed by atoms with E-state index in [1.54, 1.807) is 42.7 Å². The van der Waals surface area contributed by atoms with Crippen LogP contribution >= 0.6 is 11.9 Å². The number of benzene rings is 1. The van der Waals surface area contributed by atoms with E-state index < -0.39 is 12.5 Å². The van der Waals surface area contributed by atoms with Gasteiger partial charge in [0.2, 0.25) is 5.95 Å². The van der Waals surface area contributed by atoms with Crippen LogP contribution in [0.3, 0.4) is 0 Å². The molecule has 9 nitrogen and oxygen atoms in total. The van der Waals surface area contributed by atoms with Crippen LogP contribution in [-0.4, -0.2) is 63.7 Å². The molecule has 36 heavy (non-hydrogen) atoms. The van der Waals surface area contributed by atoms with Crippen LogP contribution in [0.15, 0.2) is 42.7 Å². The lowest BCUT2D eigenvalue weighted by Gasteiger charge is -2.28. The molecular weight excluding hydrogens is 486 g/mol. The molecule has 1 saturated heterocycles. The number of fused-ring (bicyclic) bond motifs is 1. The molecule has 0 spiro atoms. The molecule has 5 rings (SSSR count). The first-order valence-electron chi connectivity index (χ1n) is 11.5. The molecule has 0 saturated carbocycles. The second-order valence-corrected chi connectivity index (χ2v) is 8.93. The van der Waals surface area contributed by atoms with Crippen LogP contribution in [0.4, 0.5) is 26.2 Å². The molecule has 0 atom stereocenters. The number of rotatable bonds is 8. The van der Waals surface area contributed by atoms with E-state index in [0.29, 0.717) is 83.7 Å². The van der Waals surface area contributed by atoms with E-state index in [4.69, 9.17) is 20.4 Å². The van der Waals surface area contributed by atoms with Gasteiger partial charge in [-0.2, -0.15) is 0 Å². The lowest BCUT2D eigenvalue weighted by atomic mass is 10.1. The average Bonchev–Trinajstić information content (AvgIpc) is 2.92. The van der Waals surface area contributed by atoms with Crippen molar-refractivity contribution in [2.45, 2.75) is 6.42 Å². The van der Waals surface area contributed by atoms with Crippen LogP contribution in [-0.2, 0) is 4.74 Å². The highest BCUT2D eigenvalue weighted by molar-refractivity contribution is 8.00. The van der Waals surface area contributed by atoms with E-state index in [1.165, 1.54) is 11.9 Å². The van der Waals surface area contributed by atoms with Gasteiger partial charge in [-0.05, 0) is 30.7 Å². The zero-order valence-electron chi connectivity index (χ0n) is 19.3. The maximum Gasteiger partial charge on any atom is 0.219 e. The maximum atomic E-state index is 15.4. The number of nitrogens with two attached hydrogens (primary N) is 1. The van der Waals surface area contributed by atoms with Crippen molar-refractivity contribution in [2.24, 2.45) is 0 Å². The first-order valence-corrected chi connectivity index (χ1v) is 12.4. The molecule has 1 aliphatic rings. The quantitative estimate of drug-likeness (QED) is 0.265. The molecule has 4 aromatic rings. The van der Waals surface area contributed by atoms with Crippen molar-refractivity contribution in [3.05, 3.63) is 48.5 Å². The molecule has 0 radical (unpaired) electrons. The minimum absolute atomic E-state index is 0.166. The number of ether oxygens (including phenoxy) is 1. The van der Waals surface area contributed by atoms with Crippen molar-refractivity contribution >= 4 is 40.4 Å². The minimum Gasteiger partial charge on any atom is -0.378 e. The molecule has 0 unspecified atom stereocenters. The molecule has 0 amide bonds. The number of anilines is 3. The molecule has 1 fully saturated rings. The summed E-state index contributed by atoms with van der Waals surface area (Å²) >= 11 is 1.27. The minimum atomic E-state index is -0.429. The van der Waals surface area contributed by atoms with Gasteiger partial charge in [0.05, 0.1) is 42.3 Å². The standard InChI is InChI=1S/C24H24F2N8OS/c25-7-2-12-36-33-18-4-1-3-16(20(18)26)17-5-6-19-21(30-17)23(34-8-10-35-11-9-34)32-22(31-19)15-13-28-24(27)29-14-15/h1,3-6,13-14,33H,2,7-12H2,(H2,27,28,29). The maximum absolute atomic E-state index is 15.4. The summed E-state index contributed by atoms with van der Waals surface area (Å²) in [5.74, 6) is 1.35. The molecule has 1 aliphatic heterocycles. The number of morpholine rings is 1. The summed E-state index contributed by atoms with van der Waals surface area (Å²) in [5.41, 5.74) is 8.55. The van der Waals surface area contributed by atoms with Crippen LogP contribution < -0.4 is 15.4 Å². The first-order chi connectivity index (χ1) is 17.6. The topological polar surface area (TPSA) is 115 Å². The van der Waals surface area contributed by atoms with Crippen molar-refractivity contribution in [3.63, 3.8) is 0 Å². The van der Waals surface area contributed by atoms with Crippen molar-refractivity contribution < 1.29 is 13.5 Å². The van der Waals surface area contributed by atoms with Gasteiger partial charge in [-0.1, -0.05) is 18.0 Å². The van der Waals surface area contributed by atoms with Crippen molar-refractivity contribution in [1.82, 2.24) is 24.9 Å². The molecule has 1 aromatic carbocycles. The van der Waals surface area contributed by atoms with Gasteiger partial charge in [-0.15, -0.1) is 0 Å². The molecular formula is C24H24F2N8OS. The lowest BCUT2D eigenvalue weighted by molar-refractivity contribution is 0.122. The van der Waals surface area contributed by atoms with Gasteiger partial charge >= 0.3 is 0 Å². The highest BCUT2D eigenvalue weighted by atomic mass is 32.2. The highest BCUT2D eigenvalue weighted by Crippen LogP contribution is 2.32. The Hall–Kier alpha value is -3.64. The van der Waals surface area contributed by atoms with Crippen LogP contribution in [0.5, 0.6) is 0 Å². The van der Waals surface area contributed by atoms with Crippen LogP contribution in [0, 0.1) is 5.82 Å². The Morgan fingerprint density at radius 2 is 1.86 bits per heavy atom. The summed E-state index contributed by atoms with van der Waals surface area (Å²) in [4.78, 5) is 24.4. The molecule has 3 aromatic heterocycles. The second-order valence-electron chi connectivity index (χ2n) is 8.02. The van der Waals surface area contributed by atoms with Gasteiger partial charge < -0.3 is 20.1 Å². The molecule has 4 heterocycles. The monoisotopic (exact) mass is 510 g/mol. The zero-order chi connectivity index (χ0) is 24.9. The third kappa shape index (κ3) is 5.14. The van der Waals surface area contributed by atoms with E-state index in [9.17, 15) is 4.39 Å². The van der Waals surface area contributed by atoms with Gasteiger partial charge in [0.15, 0.2) is 17.5 Å². The fraction of sp³-hybridized carbons (Fsp3) is 0.292. The molecule has 0 bridgehead atoms. The Balaban J connectivity index is 1.57. The van der Waals surface area contributed by atoms with Crippen LogP contribution in [0.1, 0.15) is 6.42 Å². The summed E-state index contributed by atoms with van der Waals surface area (Å²) in [6, 6.07) is 8.62. The highest BCUT2D eigenvalue weighted by Gasteiger charge is 2.21. The summed E-state index contributed by atoms with van der Waals surface area (Å²) in [6.07, 6.45) is 3.56. The second kappa shape index (κ2) is 11.0. The summed E-state index contributed by atoms with van der Waals surface area (Å²) in [5, 5.41) is 0. The fourth-order valence-corrected chi connectivity index (χ4v) is 4.46. The smallest absolute Gasteiger partial charge is 0.219 e. The Bertz CT molecular complexity index is 1350. The van der Waals surface area contributed by atoms with Gasteiger partial charge in [0, 0.05) is 36.8 Å². The molecule has 0 aliphatic carbocycles. The van der Waals surface area contributed by atoms with Crippen molar-refractivity contribution in [3.8, 4) is 22.6 Å². The van der Waals surface area contributed by atoms with Gasteiger partial charge in [-0.25, -0.2) is 29.3 Å². The normalized spacial score (nSPS) is 13.8. The molecule has 186 valence electrons.